The van der Waals surface area contributed by atoms with Crippen LogP contribution < -0.4 is 10.6 Å². The van der Waals surface area contributed by atoms with Gasteiger partial charge in [0.1, 0.15) is 11.8 Å². The zero-order valence-corrected chi connectivity index (χ0v) is 22.7. The van der Waals surface area contributed by atoms with E-state index in [-0.39, 0.29) is 11.1 Å². The average Bonchev–Trinajstić information content (AvgIpc) is 3.53. The summed E-state index contributed by atoms with van der Waals surface area (Å²) in [6, 6.07) is 13.3. The van der Waals surface area contributed by atoms with Crippen molar-refractivity contribution in [1.29, 1.82) is 10.5 Å². The number of rotatable bonds is 7. The van der Waals surface area contributed by atoms with Crippen molar-refractivity contribution in [1.82, 2.24) is 20.0 Å². The molecule has 2 aromatic heterocycles. The average molecular weight is 546 g/mol. The predicted octanol–water partition coefficient (Wildman–Crippen LogP) is 6.68. The van der Waals surface area contributed by atoms with Crippen molar-refractivity contribution >= 4 is 45.5 Å². The summed E-state index contributed by atoms with van der Waals surface area (Å²) in [5, 5.41) is 35.9. The molecular formula is C28H26Cl2N8. The number of fused-ring (bicyclic) bond motifs is 1. The van der Waals surface area contributed by atoms with Crippen LogP contribution in [-0.2, 0) is 5.54 Å². The fraction of sp³-hybridized carbons (Fsp3) is 0.321. The van der Waals surface area contributed by atoms with Crippen molar-refractivity contribution in [2.24, 2.45) is 5.41 Å². The van der Waals surface area contributed by atoms with Gasteiger partial charge in [0, 0.05) is 28.8 Å². The maximum absolute atomic E-state index is 9.79. The summed E-state index contributed by atoms with van der Waals surface area (Å²) in [6.07, 6.45) is 4.48. The highest BCUT2D eigenvalue weighted by atomic mass is 35.5. The van der Waals surface area contributed by atoms with Crippen LogP contribution in [0.4, 0.5) is 11.4 Å². The van der Waals surface area contributed by atoms with E-state index < -0.39 is 11.6 Å². The van der Waals surface area contributed by atoms with Crippen molar-refractivity contribution in [3.8, 4) is 12.1 Å². The Bertz CT molecular complexity index is 1660. The van der Waals surface area contributed by atoms with E-state index in [0.717, 1.165) is 0 Å². The van der Waals surface area contributed by atoms with Gasteiger partial charge in [-0.3, -0.25) is 4.98 Å². The van der Waals surface area contributed by atoms with Crippen LogP contribution in [0.5, 0.6) is 0 Å². The van der Waals surface area contributed by atoms with Crippen molar-refractivity contribution in [2.45, 2.75) is 45.2 Å². The molecular weight excluding hydrogens is 519 g/mol. The number of aromatic nitrogens is 4. The minimum Gasteiger partial charge on any atom is -0.383 e. The molecule has 38 heavy (non-hydrogen) atoms. The lowest BCUT2D eigenvalue weighted by atomic mass is 9.96. The molecule has 4 aromatic rings. The lowest BCUT2D eigenvalue weighted by Crippen LogP contribution is -2.20. The number of hydrogen-bond acceptors (Lipinski definition) is 7. The third-order valence-corrected chi connectivity index (χ3v) is 6.99. The van der Waals surface area contributed by atoms with E-state index >= 15 is 0 Å². The van der Waals surface area contributed by atoms with E-state index in [1.807, 2.05) is 6.07 Å². The van der Waals surface area contributed by atoms with Gasteiger partial charge in [0.05, 0.1) is 41.4 Å². The van der Waals surface area contributed by atoms with E-state index in [9.17, 15) is 11.9 Å². The van der Waals surface area contributed by atoms with Gasteiger partial charge in [0.15, 0.2) is 5.54 Å². The first-order valence-corrected chi connectivity index (χ1v) is 12.9. The van der Waals surface area contributed by atoms with Crippen molar-refractivity contribution in [3.05, 3.63) is 75.7 Å². The summed E-state index contributed by atoms with van der Waals surface area (Å²) in [5.41, 5.74) is 1.97. The maximum atomic E-state index is 9.79. The van der Waals surface area contributed by atoms with Crippen molar-refractivity contribution in [3.63, 3.8) is 0 Å². The highest BCUT2D eigenvalue weighted by Crippen LogP contribution is 2.43. The monoisotopic (exact) mass is 545 g/mol. The Balaban J connectivity index is 1.65. The van der Waals surface area contributed by atoms with Crippen molar-refractivity contribution < 1.29 is 1.37 Å². The van der Waals surface area contributed by atoms with E-state index in [1.165, 1.54) is 10.9 Å². The van der Waals surface area contributed by atoms with Crippen LogP contribution in [-0.4, -0.2) is 26.5 Å². The fourth-order valence-electron chi connectivity index (χ4n) is 4.14. The van der Waals surface area contributed by atoms with Gasteiger partial charge in [-0.1, -0.05) is 67.4 Å². The maximum Gasteiger partial charge on any atom is 0.150 e. The largest absolute Gasteiger partial charge is 0.383 e. The Labute approximate surface area is 232 Å². The summed E-state index contributed by atoms with van der Waals surface area (Å²) < 4.78 is 11.2. The Morgan fingerprint density at radius 1 is 1.18 bits per heavy atom. The molecule has 5 rings (SSSR count). The molecule has 0 amide bonds. The third-order valence-electron chi connectivity index (χ3n) is 6.37. The second kappa shape index (κ2) is 9.79. The lowest BCUT2D eigenvalue weighted by Gasteiger charge is -2.22. The summed E-state index contributed by atoms with van der Waals surface area (Å²) in [4.78, 5) is 4.42. The Morgan fingerprint density at radius 2 is 1.95 bits per heavy atom. The number of nitriles is 2. The molecule has 0 spiro atoms. The quantitative estimate of drug-likeness (QED) is 0.266. The number of halogens is 2. The number of nitrogens with one attached hydrogen (secondary N) is 2. The zero-order valence-electron chi connectivity index (χ0n) is 22.2. The summed E-state index contributed by atoms with van der Waals surface area (Å²) in [6.45, 7) is 6.90. The molecule has 0 saturated heterocycles. The SMILES string of the molecule is [2H][C@](Nc1cc(Cl)c2ncc(C#N)c(NCC(C)(C)C)c2c1)(c1cn(C2(C#N)CC2)nn1)c1ccccc1Cl. The molecule has 1 fully saturated rings. The predicted molar refractivity (Wildman–Crippen MR) is 149 cm³/mol. The molecule has 2 heterocycles. The molecule has 10 heteroatoms. The standard InChI is InChI=1S/C28H26Cl2N8/c1-27(2,3)16-34-24-17(12-31)13-33-25-20(24)10-18(11-22(25)30)35-26(19-6-4-5-7-21(19)29)23-14-38(37-36-23)28(15-32)8-9-28/h4-7,10-11,13-14,26,35H,8-9,16H2,1-3H3,(H,33,34)/t26-/m1/s1/i26D. The number of anilines is 2. The van der Waals surface area contributed by atoms with Crippen molar-refractivity contribution in [2.75, 3.05) is 17.2 Å². The number of benzene rings is 2. The number of pyridine rings is 1. The molecule has 8 nitrogen and oxygen atoms in total. The van der Waals surface area contributed by atoms with Gasteiger partial charge in [-0.2, -0.15) is 10.5 Å². The number of nitrogens with zero attached hydrogens (tertiary/aromatic N) is 6. The molecule has 1 atom stereocenters. The third kappa shape index (κ3) is 4.98. The van der Waals surface area contributed by atoms with Crippen LogP contribution in [0.1, 0.15) is 57.8 Å². The van der Waals surface area contributed by atoms with Crippen LogP contribution in [0.25, 0.3) is 10.9 Å². The first-order valence-electron chi connectivity index (χ1n) is 12.6. The highest BCUT2D eigenvalue weighted by Gasteiger charge is 2.47. The summed E-state index contributed by atoms with van der Waals surface area (Å²) in [7, 11) is 0. The molecule has 0 radical (unpaired) electrons. The van der Waals surface area contributed by atoms with Gasteiger partial charge in [-0.15, -0.1) is 5.10 Å². The Morgan fingerprint density at radius 3 is 2.61 bits per heavy atom. The van der Waals surface area contributed by atoms with Crippen LogP contribution in [0.15, 0.2) is 48.8 Å². The first-order chi connectivity index (χ1) is 18.5. The van der Waals surface area contributed by atoms with Gasteiger partial charge in [0.2, 0.25) is 0 Å². The highest BCUT2D eigenvalue weighted by molar-refractivity contribution is 6.36. The van der Waals surface area contributed by atoms with Gasteiger partial charge < -0.3 is 10.6 Å². The topological polar surface area (TPSA) is 115 Å². The molecule has 192 valence electrons. The molecule has 0 bridgehead atoms. The van der Waals surface area contributed by atoms with Crippen LogP contribution in [0, 0.1) is 28.1 Å². The minimum atomic E-state index is -1.68. The van der Waals surface area contributed by atoms with Gasteiger partial charge in [-0.25, -0.2) is 4.68 Å². The summed E-state index contributed by atoms with van der Waals surface area (Å²) in [5.74, 6) is 0. The Kier molecular flexibility index (Phi) is 6.31. The normalized spacial score (nSPS) is 16.1. The van der Waals surface area contributed by atoms with Crippen LogP contribution in [0.2, 0.25) is 10.0 Å². The van der Waals surface area contributed by atoms with Gasteiger partial charge >= 0.3 is 0 Å². The molecule has 1 saturated carbocycles. The molecule has 2 aromatic carbocycles. The second-order valence-corrected chi connectivity index (χ2v) is 11.4. The van der Waals surface area contributed by atoms with E-state index in [2.05, 4.69) is 58.8 Å². The second-order valence-electron chi connectivity index (χ2n) is 10.6. The van der Waals surface area contributed by atoms with E-state index in [0.29, 0.717) is 62.8 Å². The van der Waals surface area contributed by atoms with Gasteiger partial charge in [-0.05, 0) is 42.0 Å². The van der Waals surface area contributed by atoms with Gasteiger partial charge in [0.25, 0.3) is 0 Å². The van der Waals surface area contributed by atoms with Crippen LogP contribution >= 0.6 is 23.2 Å². The molecule has 0 aliphatic heterocycles. The zero-order chi connectivity index (χ0) is 28.0. The molecule has 2 N–H and O–H groups in total. The molecule has 1 aliphatic rings. The van der Waals surface area contributed by atoms with Crippen LogP contribution in [0.3, 0.4) is 0 Å². The number of hydrogen-bond donors (Lipinski definition) is 2. The summed E-state index contributed by atoms with van der Waals surface area (Å²) >= 11 is 13.3. The smallest absolute Gasteiger partial charge is 0.150 e. The minimum absolute atomic E-state index is 0.0451. The Hall–Kier alpha value is -3.85. The first kappa shape index (κ1) is 24.5. The molecule has 0 unspecified atom stereocenters. The van der Waals surface area contributed by atoms with E-state index in [1.54, 1.807) is 36.5 Å². The van der Waals surface area contributed by atoms with E-state index in [4.69, 9.17) is 23.2 Å². The molecule has 1 aliphatic carbocycles. The lowest BCUT2D eigenvalue weighted by molar-refractivity contribution is 0.443. The fourth-order valence-corrected chi connectivity index (χ4v) is 4.63.